The van der Waals surface area contributed by atoms with Gasteiger partial charge in [0.05, 0.1) is 12.3 Å². The molecule has 0 saturated heterocycles. The normalized spacial score (nSPS) is 16.3. The molecule has 134 valence electrons. The number of ether oxygens (including phenoxy) is 2. The summed E-state index contributed by atoms with van der Waals surface area (Å²) >= 11 is 0. The van der Waals surface area contributed by atoms with Crippen LogP contribution in [0.4, 0.5) is 0 Å². The Morgan fingerprint density at radius 2 is 2.32 bits per heavy atom. The number of nitrogens with one attached hydrogen (secondary N) is 2. The van der Waals surface area contributed by atoms with Crippen molar-refractivity contribution in [3.63, 3.8) is 0 Å². The van der Waals surface area contributed by atoms with E-state index in [4.69, 9.17) is 9.47 Å². The minimum Gasteiger partial charge on any atom is -0.475 e. The number of carbonyl (C=O) groups is 1. The van der Waals surface area contributed by atoms with Crippen LogP contribution in [0, 0.1) is 12.8 Å². The van der Waals surface area contributed by atoms with E-state index in [-0.39, 0.29) is 11.8 Å². The summed E-state index contributed by atoms with van der Waals surface area (Å²) in [6.45, 7) is 3.27. The molecule has 2 N–H and O–H groups in total. The van der Waals surface area contributed by atoms with Gasteiger partial charge in [0.1, 0.15) is 12.4 Å². The van der Waals surface area contributed by atoms with E-state index >= 15 is 0 Å². The Morgan fingerprint density at radius 3 is 3.16 bits per heavy atom. The van der Waals surface area contributed by atoms with Gasteiger partial charge in [-0.1, -0.05) is 6.07 Å². The zero-order valence-electron chi connectivity index (χ0n) is 14.7. The number of hydrogen-bond acceptors (Lipinski definition) is 5. The van der Waals surface area contributed by atoms with Crippen LogP contribution in [0.2, 0.25) is 0 Å². The number of aromatic nitrogens is 3. The average Bonchev–Trinajstić information content (AvgIpc) is 3.00. The van der Waals surface area contributed by atoms with Gasteiger partial charge < -0.3 is 19.8 Å². The summed E-state index contributed by atoms with van der Waals surface area (Å²) in [6.07, 6.45) is 4.06. The average molecular weight is 344 g/mol. The number of carbonyl (C=O) groups excluding carboxylic acids is 1. The Morgan fingerprint density at radius 1 is 1.44 bits per heavy atom. The summed E-state index contributed by atoms with van der Waals surface area (Å²) in [4.78, 5) is 24.5. The third-order valence-electron chi connectivity index (χ3n) is 4.36. The second-order valence-electron chi connectivity index (χ2n) is 6.21. The van der Waals surface area contributed by atoms with Crippen molar-refractivity contribution in [2.24, 2.45) is 5.92 Å². The van der Waals surface area contributed by atoms with Crippen LogP contribution in [0.3, 0.4) is 0 Å². The van der Waals surface area contributed by atoms with Crippen LogP contribution in [-0.2, 0) is 28.9 Å². The van der Waals surface area contributed by atoms with Crippen molar-refractivity contribution in [1.82, 2.24) is 20.3 Å². The highest BCUT2D eigenvalue weighted by molar-refractivity contribution is 5.79. The van der Waals surface area contributed by atoms with E-state index in [1.807, 2.05) is 19.1 Å². The SMILES string of the molecule is COCCOc1ncccc1CNC(=O)[C@@H]1CCc2nc(C)[nH]c2C1. The third kappa shape index (κ3) is 4.36. The second kappa shape index (κ2) is 8.11. The van der Waals surface area contributed by atoms with Gasteiger partial charge in [-0.25, -0.2) is 9.97 Å². The van der Waals surface area contributed by atoms with Crippen molar-refractivity contribution in [2.75, 3.05) is 20.3 Å². The maximum atomic E-state index is 12.5. The largest absolute Gasteiger partial charge is 0.475 e. The van der Waals surface area contributed by atoms with Gasteiger partial charge in [-0.3, -0.25) is 4.79 Å². The van der Waals surface area contributed by atoms with Gasteiger partial charge >= 0.3 is 0 Å². The fraction of sp³-hybridized carbons (Fsp3) is 0.500. The molecule has 7 nitrogen and oxygen atoms in total. The summed E-state index contributed by atoms with van der Waals surface area (Å²) < 4.78 is 10.6. The van der Waals surface area contributed by atoms with E-state index in [1.165, 1.54) is 0 Å². The van der Waals surface area contributed by atoms with Crippen LogP contribution in [0.1, 0.15) is 29.2 Å². The minimum atomic E-state index is -0.0260. The molecule has 0 radical (unpaired) electrons. The topological polar surface area (TPSA) is 89.1 Å². The lowest BCUT2D eigenvalue weighted by Gasteiger charge is -2.21. The predicted molar refractivity (Wildman–Crippen MR) is 92.3 cm³/mol. The van der Waals surface area contributed by atoms with Gasteiger partial charge in [0.2, 0.25) is 11.8 Å². The number of H-pyrrole nitrogens is 1. The molecule has 0 saturated carbocycles. The number of methoxy groups -OCH3 is 1. The lowest BCUT2D eigenvalue weighted by Crippen LogP contribution is -2.34. The highest BCUT2D eigenvalue weighted by Crippen LogP contribution is 2.24. The molecule has 0 spiro atoms. The summed E-state index contributed by atoms with van der Waals surface area (Å²) in [5.74, 6) is 1.49. The molecule has 0 aromatic carbocycles. The van der Waals surface area contributed by atoms with Crippen molar-refractivity contribution >= 4 is 5.91 Å². The molecule has 0 fully saturated rings. The summed E-state index contributed by atoms with van der Waals surface area (Å²) in [7, 11) is 1.62. The number of aromatic amines is 1. The van der Waals surface area contributed by atoms with E-state index in [0.717, 1.165) is 35.6 Å². The highest BCUT2D eigenvalue weighted by Gasteiger charge is 2.26. The van der Waals surface area contributed by atoms with Crippen molar-refractivity contribution in [3.05, 3.63) is 41.1 Å². The zero-order chi connectivity index (χ0) is 17.6. The van der Waals surface area contributed by atoms with Gasteiger partial charge in [0.15, 0.2) is 0 Å². The van der Waals surface area contributed by atoms with Crippen molar-refractivity contribution < 1.29 is 14.3 Å². The first-order valence-corrected chi connectivity index (χ1v) is 8.55. The molecule has 1 atom stereocenters. The molecule has 2 aromatic heterocycles. The number of aryl methyl sites for hydroxylation is 2. The maximum Gasteiger partial charge on any atom is 0.223 e. The Bertz CT molecular complexity index is 729. The van der Waals surface area contributed by atoms with Crippen LogP contribution in [0.5, 0.6) is 5.88 Å². The summed E-state index contributed by atoms with van der Waals surface area (Å²) in [6, 6.07) is 3.75. The first-order chi connectivity index (χ1) is 12.2. The number of rotatable bonds is 7. The first-order valence-electron chi connectivity index (χ1n) is 8.55. The Balaban J connectivity index is 1.56. The van der Waals surface area contributed by atoms with Gasteiger partial charge in [0, 0.05) is 43.4 Å². The van der Waals surface area contributed by atoms with Crippen molar-refractivity contribution in [2.45, 2.75) is 32.7 Å². The van der Waals surface area contributed by atoms with Crippen LogP contribution < -0.4 is 10.1 Å². The number of pyridine rings is 1. The van der Waals surface area contributed by atoms with Crippen LogP contribution in [0.15, 0.2) is 18.3 Å². The second-order valence-corrected chi connectivity index (χ2v) is 6.21. The number of fused-ring (bicyclic) bond motifs is 1. The van der Waals surface area contributed by atoms with E-state index in [0.29, 0.717) is 32.1 Å². The molecule has 0 bridgehead atoms. The number of nitrogens with zero attached hydrogens (tertiary/aromatic N) is 2. The first kappa shape index (κ1) is 17.4. The lowest BCUT2D eigenvalue weighted by atomic mass is 9.89. The van der Waals surface area contributed by atoms with Crippen molar-refractivity contribution in [1.29, 1.82) is 0 Å². The number of imidazole rings is 1. The monoisotopic (exact) mass is 344 g/mol. The molecule has 0 unspecified atom stereocenters. The molecular weight excluding hydrogens is 320 g/mol. The van der Waals surface area contributed by atoms with E-state index < -0.39 is 0 Å². The Labute approximate surface area is 147 Å². The molecule has 1 aliphatic carbocycles. The van der Waals surface area contributed by atoms with Gasteiger partial charge in [-0.2, -0.15) is 0 Å². The quantitative estimate of drug-likeness (QED) is 0.744. The van der Waals surface area contributed by atoms with E-state index in [1.54, 1.807) is 13.3 Å². The fourth-order valence-corrected chi connectivity index (χ4v) is 3.08. The van der Waals surface area contributed by atoms with Gasteiger partial charge in [0.25, 0.3) is 0 Å². The maximum absolute atomic E-state index is 12.5. The van der Waals surface area contributed by atoms with E-state index in [9.17, 15) is 4.79 Å². The molecular formula is C18H24N4O3. The molecule has 2 aromatic rings. The summed E-state index contributed by atoms with van der Waals surface area (Å²) in [5.41, 5.74) is 3.05. The molecule has 7 heteroatoms. The Kier molecular flexibility index (Phi) is 5.65. The Hall–Kier alpha value is -2.41. The van der Waals surface area contributed by atoms with Gasteiger partial charge in [-0.15, -0.1) is 0 Å². The number of amides is 1. The van der Waals surface area contributed by atoms with Crippen molar-refractivity contribution in [3.8, 4) is 5.88 Å². The minimum absolute atomic E-state index is 0.0260. The molecule has 3 rings (SSSR count). The predicted octanol–water partition coefficient (Wildman–Crippen LogP) is 1.56. The smallest absolute Gasteiger partial charge is 0.223 e. The molecule has 25 heavy (non-hydrogen) atoms. The molecule has 1 amide bonds. The van der Waals surface area contributed by atoms with Crippen LogP contribution in [-0.4, -0.2) is 41.2 Å². The lowest BCUT2D eigenvalue weighted by molar-refractivity contribution is -0.125. The molecule has 1 aliphatic rings. The molecule has 0 aliphatic heterocycles. The van der Waals surface area contributed by atoms with Crippen LogP contribution >= 0.6 is 0 Å². The fourth-order valence-electron chi connectivity index (χ4n) is 3.08. The zero-order valence-corrected chi connectivity index (χ0v) is 14.7. The highest BCUT2D eigenvalue weighted by atomic mass is 16.5. The van der Waals surface area contributed by atoms with Gasteiger partial charge in [-0.05, 0) is 25.8 Å². The van der Waals surface area contributed by atoms with Crippen LogP contribution in [0.25, 0.3) is 0 Å². The molecule has 2 heterocycles. The number of hydrogen-bond donors (Lipinski definition) is 2. The standard InChI is InChI=1S/C18H24N4O3/c1-12-21-15-6-5-13(10-16(15)22-12)17(23)20-11-14-4-3-7-19-18(14)25-9-8-24-2/h3-4,7,13H,5-6,8-11H2,1-2H3,(H,20,23)(H,21,22)/t13-/m1/s1. The third-order valence-corrected chi connectivity index (χ3v) is 4.36. The summed E-state index contributed by atoms with van der Waals surface area (Å²) in [5, 5.41) is 3.01. The van der Waals surface area contributed by atoms with E-state index in [2.05, 4.69) is 20.3 Å².